The molecule has 0 fully saturated rings. The quantitative estimate of drug-likeness (QED) is 0.751. The Morgan fingerprint density at radius 1 is 1.19 bits per heavy atom. The Labute approximate surface area is 135 Å². The van der Waals surface area contributed by atoms with Gasteiger partial charge in [0, 0.05) is 4.47 Å². The van der Waals surface area contributed by atoms with Crippen LogP contribution in [0.3, 0.4) is 0 Å². The van der Waals surface area contributed by atoms with Gasteiger partial charge in [0.15, 0.2) is 5.78 Å². The van der Waals surface area contributed by atoms with Crippen LogP contribution < -0.4 is 0 Å². The second-order valence-corrected chi connectivity index (χ2v) is 6.82. The van der Waals surface area contributed by atoms with Crippen molar-refractivity contribution in [1.82, 2.24) is 0 Å². The molecule has 0 unspecified atom stereocenters. The molecule has 2 nitrogen and oxygen atoms in total. The molecule has 1 aliphatic rings. The molecule has 0 heterocycles. The summed E-state index contributed by atoms with van der Waals surface area (Å²) in [4.78, 5) is 12.3. The molecule has 1 aromatic rings. The van der Waals surface area contributed by atoms with Gasteiger partial charge in [0.25, 0.3) is 0 Å². The zero-order valence-corrected chi connectivity index (χ0v) is 14.3. The third-order valence-corrected chi connectivity index (χ3v) is 4.97. The summed E-state index contributed by atoms with van der Waals surface area (Å²) in [7, 11) is 0. The first-order valence-electron chi connectivity index (χ1n) is 7.71. The summed E-state index contributed by atoms with van der Waals surface area (Å²) >= 11 is 3.41. The zero-order valence-electron chi connectivity index (χ0n) is 12.7. The van der Waals surface area contributed by atoms with Gasteiger partial charge in [-0.25, -0.2) is 0 Å². The predicted octanol–water partition coefficient (Wildman–Crippen LogP) is 4.75. The highest BCUT2D eigenvalue weighted by Gasteiger charge is 2.47. The fourth-order valence-electron chi connectivity index (χ4n) is 3.16. The van der Waals surface area contributed by atoms with E-state index in [9.17, 15) is 9.90 Å². The first-order chi connectivity index (χ1) is 10.00. The second-order valence-electron chi connectivity index (χ2n) is 5.90. The van der Waals surface area contributed by atoms with Gasteiger partial charge in [0.1, 0.15) is 5.60 Å². The van der Waals surface area contributed by atoms with Crippen molar-refractivity contribution in [1.29, 1.82) is 0 Å². The minimum Gasteiger partial charge on any atom is -0.380 e. The fraction of sp³-hybridized carbons (Fsp3) is 0.500. The Hall–Kier alpha value is -0.930. The van der Waals surface area contributed by atoms with Crippen molar-refractivity contribution in [2.75, 3.05) is 0 Å². The first-order valence-corrected chi connectivity index (χ1v) is 8.50. The van der Waals surface area contributed by atoms with Crippen LogP contribution in [0.5, 0.6) is 0 Å². The van der Waals surface area contributed by atoms with Crippen molar-refractivity contribution in [3.8, 4) is 0 Å². The number of halogens is 1. The molecule has 1 aromatic carbocycles. The van der Waals surface area contributed by atoms with Crippen molar-refractivity contribution in [2.24, 2.45) is 5.92 Å². The molecule has 3 heteroatoms. The van der Waals surface area contributed by atoms with E-state index >= 15 is 0 Å². The highest BCUT2D eigenvalue weighted by Crippen LogP contribution is 2.44. The molecule has 1 aliphatic carbocycles. The van der Waals surface area contributed by atoms with Crippen molar-refractivity contribution in [3.05, 3.63) is 46.0 Å². The van der Waals surface area contributed by atoms with Gasteiger partial charge in [-0.05, 0) is 42.7 Å². The van der Waals surface area contributed by atoms with Crippen molar-refractivity contribution in [3.63, 3.8) is 0 Å². The van der Waals surface area contributed by atoms with Crippen LogP contribution in [-0.4, -0.2) is 10.9 Å². The van der Waals surface area contributed by atoms with Gasteiger partial charge in [-0.2, -0.15) is 0 Å². The second kappa shape index (κ2) is 6.89. The molecule has 0 amide bonds. The van der Waals surface area contributed by atoms with Gasteiger partial charge in [0.05, 0.1) is 5.92 Å². The molecule has 2 rings (SSSR count). The first kappa shape index (κ1) is 16.4. The molecule has 0 aliphatic heterocycles. The van der Waals surface area contributed by atoms with Gasteiger partial charge in [-0.3, -0.25) is 4.79 Å². The number of unbranched alkanes of at least 4 members (excludes halogenated alkanes) is 3. The molecule has 21 heavy (non-hydrogen) atoms. The average Bonchev–Trinajstić information content (AvgIpc) is 2.67. The van der Waals surface area contributed by atoms with E-state index in [4.69, 9.17) is 0 Å². The molecule has 2 atom stereocenters. The number of hydrogen-bond donors (Lipinski definition) is 1. The normalized spacial score (nSPS) is 25.2. The van der Waals surface area contributed by atoms with E-state index in [0.29, 0.717) is 0 Å². The number of rotatable bonds is 6. The summed E-state index contributed by atoms with van der Waals surface area (Å²) in [5.41, 5.74) is 0.436. The molecule has 114 valence electrons. The number of carbonyl (C=O) groups excluding carboxylic acids is 1. The fourth-order valence-corrected chi connectivity index (χ4v) is 3.43. The van der Waals surface area contributed by atoms with Crippen molar-refractivity contribution >= 4 is 21.7 Å². The van der Waals surface area contributed by atoms with E-state index in [1.807, 2.05) is 31.2 Å². The minimum absolute atomic E-state index is 0.0643. The maximum atomic E-state index is 12.3. The van der Waals surface area contributed by atoms with Gasteiger partial charge < -0.3 is 5.11 Å². The third kappa shape index (κ3) is 3.29. The van der Waals surface area contributed by atoms with Gasteiger partial charge >= 0.3 is 0 Å². The lowest BCUT2D eigenvalue weighted by molar-refractivity contribution is -0.123. The van der Waals surface area contributed by atoms with Crippen LogP contribution in [0, 0.1) is 5.92 Å². The number of benzene rings is 1. The Bertz CT molecular complexity index is 533. The smallest absolute Gasteiger partial charge is 0.162 e. The summed E-state index contributed by atoms with van der Waals surface area (Å²) in [5.74, 6) is -0.273. The Morgan fingerprint density at radius 3 is 2.48 bits per heavy atom. The topological polar surface area (TPSA) is 37.3 Å². The maximum absolute atomic E-state index is 12.3. The summed E-state index contributed by atoms with van der Waals surface area (Å²) in [6.07, 6.45) is 6.84. The van der Waals surface area contributed by atoms with Gasteiger partial charge in [-0.15, -0.1) is 0 Å². The van der Waals surface area contributed by atoms with E-state index in [-0.39, 0.29) is 11.7 Å². The largest absolute Gasteiger partial charge is 0.380 e. The molecule has 0 radical (unpaired) electrons. The van der Waals surface area contributed by atoms with Crippen molar-refractivity contribution in [2.45, 2.75) is 51.6 Å². The summed E-state index contributed by atoms with van der Waals surface area (Å²) in [6.45, 7) is 4.02. The Balaban J connectivity index is 2.22. The van der Waals surface area contributed by atoms with E-state index in [2.05, 4.69) is 22.9 Å². The SMILES string of the molecule is CCCCCC[C@H]1C(=O)C=C(C)[C@@]1(O)c1ccc(Br)cc1. The molecule has 0 spiro atoms. The van der Waals surface area contributed by atoms with Crippen LogP contribution in [0.15, 0.2) is 40.4 Å². The average molecular weight is 351 g/mol. The molecule has 0 aromatic heterocycles. The van der Waals surface area contributed by atoms with Crippen LogP contribution in [0.1, 0.15) is 51.5 Å². The van der Waals surface area contributed by atoms with Crippen molar-refractivity contribution < 1.29 is 9.90 Å². The van der Waals surface area contributed by atoms with E-state index in [1.165, 1.54) is 12.8 Å². The van der Waals surface area contributed by atoms with Gasteiger partial charge in [0.2, 0.25) is 0 Å². The summed E-state index contributed by atoms with van der Waals surface area (Å²) in [6, 6.07) is 7.63. The van der Waals surface area contributed by atoms with E-state index in [1.54, 1.807) is 6.08 Å². The number of carbonyl (C=O) groups is 1. The third-order valence-electron chi connectivity index (χ3n) is 4.44. The molecular formula is C18H23BrO2. The Kier molecular flexibility index (Phi) is 5.39. The van der Waals surface area contributed by atoms with Crippen LogP contribution in [-0.2, 0) is 10.4 Å². The minimum atomic E-state index is -1.13. The number of aliphatic hydroxyl groups is 1. The molecular weight excluding hydrogens is 328 g/mol. The highest BCUT2D eigenvalue weighted by molar-refractivity contribution is 9.10. The summed E-state index contributed by atoms with van der Waals surface area (Å²) in [5, 5.41) is 11.2. The lowest BCUT2D eigenvalue weighted by Crippen LogP contribution is -2.35. The van der Waals surface area contributed by atoms with Crippen LogP contribution >= 0.6 is 15.9 Å². The molecule has 0 saturated carbocycles. The standard InChI is InChI=1S/C18H23BrO2/c1-3-4-5-6-7-16-17(20)12-13(2)18(16,21)14-8-10-15(19)11-9-14/h8-12,16,21H,3-7H2,1-2H3/t16-,18+/m0/s1. The number of ketones is 1. The maximum Gasteiger partial charge on any atom is 0.162 e. The van der Waals surface area contributed by atoms with Gasteiger partial charge in [-0.1, -0.05) is 60.7 Å². The van der Waals surface area contributed by atoms with E-state index in [0.717, 1.165) is 34.9 Å². The highest BCUT2D eigenvalue weighted by atomic mass is 79.9. The summed E-state index contributed by atoms with van der Waals surface area (Å²) < 4.78 is 0.973. The predicted molar refractivity (Wildman–Crippen MR) is 89.1 cm³/mol. The molecule has 1 N–H and O–H groups in total. The van der Waals surface area contributed by atoms with Crippen LogP contribution in [0.25, 0.3) is 0 Å². The Morgan fingerprint density at radius 2 is 1.86 bits per heavy atom. The lowest BCUT2D eigenvalue weighted by Gasteiger charge is -2.32. The monoisotopic (exact) mass is 350 g/mol. The number of hydrogen-bond acceptors (Lipinski definition) is 2. The molecule has 0 bridgehead atoms. The molecule has 0 saturated heterocycles. The van der Waals surface area contributed by atoms with Crippen LogP contribution in [0.2, 0.25) is 0 Å². The van der Waals surface area contributed by atoms with Crippen LogP contribution in [0.4, 0.5) is 0 Å². The zero-order chi connectivity index (χ0) is 15.5. The lowest BCUT2D eigenvalue weighted by atomic mass is 9.77. The number of allylic oxidation sites excluding steroid dienone is 1. The van der Waals surface area contributed by atoms with E-state index < -0.39 is 5.60 Å².